The molecule has 1 aliphatic rings. The smallest absolute Gasteiger partial charge is 0.223 e. The number of ketones is 1. The van der Waals surface area contributed by atoms with Gasteiger partial charge >= 0.3 is 0 Å². The van der Waals surface area contributed by atoms with Gasteiger partial charge in [-0.2, -0.15) is 5.10 Å². The standard InChI is InChI=1S/C18H23N3O3/c1-13-7-8-21(15(10-13)17-4-3-9-24-17)18(23)6-5-16(22)14-11-19-20(2)12-14/h3-4,9,11-13,15H,5-8,10H2,1-2H3/t13-,15-/m1/s1. The first-order valence-electron chi connectivity index (χ1n) is 8.39. The summed E-state index contributed by atoms with van der Waals surface area (Å²) in [5.74, 6) is 1.35. The molecule has 0 radical (unpaired) electrons. The number of nitrogens with zero attached hydrogens (tertiary/aromatic N) is 3. The Bertz CT molecular complexity index is 705. The Morgan fingerprint density at radius 1 is 1.38 bits per heavy atom. The molecule has 3 heterocycles. The van der Waals surface area contributed by atoms with E-state index in [1.165, 1.54) is 0 Å². The second-order valence-corrected chi connectivity index (χ2v) is 6.57. The third kappa shape index (κ3) is 3.58. The maximum atomic E-state index is 12.7. The van der Waals surface area contributed by atoms with Crippen LogP contribution in [0.15, 0.2) is 35.2 Å². The number of piperidine rings is 1. The molecule has 6 heteroatoms. The molecule has 1 amide bonds. The molecule has 0 N–H and O–H groups in total. The van der Waals surface area contributed by atoms with Crippen molar-refractivity contribution in [2.24, 2.45) is 13.0 Å². The number of hydrogen-bond donors (Lipinski definition) is 0. The maximum absolute atomic E-state index is 12.7. The zero-order valence-corrected chi connectivity index (χ0v) is 14.1. The van der Waals surface area contributed by atoms with Gasteiger partial charge in [-0.3, -0.25) is 14.3 Å². The number of carbonyl (C=O) groups excluding carboxylic acids is 2. The van der Waals surface area contributed by atoms with E-state index in [2.05, 4.69) is 12.0 Å². The van der Waals surface area contributed by atoms with Crippen LogP contribution in [0.2, 0.25) is 0 Å². The lowest BCUT2D eigenvalue weighted by molar-refractivity contribution is -0.136. The minimum absolute atomic E-state index is 0.0144. The fourth-order valence-corrected chi connectivity index (χ4v) is 3.26. The zero-order valence-electron chi connectivity index (χ0n) is 14.1. The Labute approximate surface area is 141 Å². The molecule has 2 aromatic rings. The van der Waals surface area contributed by atoms with Gasteiger partial charge in [0.1, 0.15) is 5.76 Å². The fourth-order valence-electron chi connectivity index (χ4n) is 3.26. The molecule has 0 spiro atoms. The predicted molar refractivity (Wildman–Crippen MR) is 88.3 cm³/mol. The van der Waals surface area contributed by atoms with Crippen molar-refractivity contribution in [3.63, 3.8) is 0 Å². The van der Waals surface area contributed by atoms with Crippen LogP contribution in [0.1, 0.15) is 54.8 Å². The molecule has 1 fully saturated rings. The predicted octanol–water partition coefficient (Wildman–Crippen LogP) is 2.98. The molecule has 24 heavy (non-hydrogen) atoms. The van der Waals surface area contributed by atoms with Crippen LogP contribution < -0.4 is 0 Å². The number of aromatic nitrogens is 2. The number of amides is 1. The van der Waals surface area contributed by atoms with Crippen LogP contribution >= 0.6 is 0 Å². The highest BCUT2D eigenvalue weighted by atomic mass is 16.3. The van der Waals surface area contributed by atoms with Gasteiger partial charge in [0.05, 0.1) is 24.1 Å². The van der Waals surface area contributed by atoms with Crippen LogP contribution in [-0.2, 0) is 11.8 Å². The van der Waals surface area contributed by atoms with Crippen LogP contribution in [0.4, 0.5) is 0 Å². The molecule has 128 valence electrons. The van der Waals surface area contributed by atoms with Crippen LogP contribution in [-0.4, -0.2) is 32.9 Å². The highest BCUT2D eigenvalue weighted by Gasteiger charge is 2.32. The molecule has 6 nitrogen and oxygen atoms in total. The SMILES string of the molecule is C[C@@H]1CCN(C(=O)CCC(=O)c2cnn(C)c2)[C@@H](c2ccco2)C1. The summed E-state index contributed by atoms with van der Waals surface area (Å²) >= 11 is 0. The largest absolute Gasteiger partial charge is 0.467 e. The van der Waals surface area contributed by atoms with E-state index in [0.717, 1.165) is 18.6 Å². The topological polar surface area (TPSA) is 68.3 Å². The summed E-state index contributed by atoms with van der Waals surface area (Å²) in [6.45, 7) is 2.91. The molecule has 0 aliphatic carbocycles. The minimum Gasteiger partial charge on any atom is -0.467 e. The van der Waals surface area contributed by atoms with E-state index in [1.54, 1.807) is 30.4 Å². The lowest BCUT2D eigenvalue weighted by atomic mass is 9.90. The molecule has 3 rings (SSSR count). The van der Waals surface area contributed by atoms with E-state index in [0.29, 0.717) is 18.0 Å². The molecular weight excluding hydrogens is 306 g/mol. The molecule has 2 atom stereocenters. The van der Waals surface area contributed by atoms with Crippen LogP contribution in [0.3, 0.4) is 0 Å². The zero-order chi connectivity index (χ0) is 17.1. The number of aryl methyl sites for hydroxylation is 1. The van der Waals surface area contributed by atoms with E-state index >= 15 is 0 Å². The highest BCUT2D eigenvalue weighted by Crippen LogP contribution is 2.34. The van der Waals surface area contributed by atoms with E-state index in [4.69, 9.17) is 4.42 Å². The number of Topliss-reactive ketones (excluding diaryl/α,β-unsaturated/α-hetero) is 1. The second-order valence-electron chi connectivity index (χ2n) is 6.57. The van der Waals surface area contributed by atoms with Gasteiger partial charge in [-0.1, -0.05) is 6.92 Å². The van der Waals surface area contributed by atoms with Gasteiger partial charge in [0, 0.05) is 32.6 Å². The summed E-state index contributed by atoms with van der Waals surface area (Å²) < 4.78 is 7.12. The molecule has 0 aromatic carbocycles. The number of carbonyl (C=O) groups is 2. The van der Waals surface area contributed by atoms with Crippen molar-refractivity contribution in [2.75, 3.05) is 6.54 Å². The van der Waals surface area contributed by atoms with Crippen molar-refractivity contribution < 1.29 is 14.0 Å². The van der Waals surface area contributed by atoms with E-state index in [9.17, 15) is 9.59 Å². The van der Waals surface area contributed by atoms with Crippen molar-refractivity contribution in [1.82, 2.24) is 14.7 Å². The van der Waals surface area contributed by atoms with Crippen molar-refractivity contribution in [3.8, 4) is 0 Å². The lowest BCUT2D eigenvalue weighted by Gasteiger charge is -2.37. The molecule has 1 aliphatic heterocycles. The number of likely N-dealkylation sites (tertiary alicyclic amines) is 1. The Morgan fingerprint density at radius 2 is 2.21 bits per heavy atom. The van der Waals surface area contributed by atoms with Gasteiger partial charge in [-0.05, 0) is 30.9 Å². The van der Waals surface area contributed by atoms with Gasteiger partial charge in [0.25, 0.3) is 0 Å². The Morgan fingerprint density at radius 3 is 2.88 bits per heavy atom. The average Bonchev–Trinajstić information content (AvgIpc) is 3.23. The van der Waals surface area contributed by atoms with Crippen LogP contribution in [0, 0.1) is 5.92 Å². The number of rotatable bonds is 5. The third-order valence-corrected chi connectivity index (χ3v) is 4.65. The Hall–Kier alpha value is -2.37. The van der Waals surface area contributed by atoms with Gasteiger partial charge in [-0.25, -0.2) is 0 Å². The van der Waals surface area contributed by atoms with Crippen LogP contribution in [0.5, 0.6) is 0 Å². The summed E-state index contributed by atoms with van der Waals surface area (Å²) in [5, 5.41) is 4.00. The molecule has 2 aromatic heterocycles. The summed E-state index contributed by atoms with van der Waals surface area (Å²) in [5.41, 5.74) is 0.556. The van der Waals surface area contributed by atoms with Gasteiger partial charge in [0.2, 0.25) is 5.91 Å². The number of hydrogen-bond acceptors (Lipinski definition) is 4. The second kappa shape index (κ2) is 7.03. The van der Waals surface area contributed by atoms with Crippen molar-refractivity contribution in [2.45, 2.75) is 38.6 Å². The first kappa shape index (κ1) is 16.5. The first-order chi connectivity index (χ1) is 11.5. The lowest BCUT2D eigenvalue weighted by Crippen LogP contribution is -2.40. The quantitative estimate of drug-likeness (QED) is 0.791. The van der Waals surface area contributed by atoms with E-state index in [-0.39, 0.29) is 30.6 Å². The fraction of sp³-hybridized carbons (Fsp3) is 0.500. The number of furan rings is 1. The Balaban J connectivity index is 1.63. The summed E-state index contributed by atoms with van der Waals surface area (Å²) in [6.07, 6.45) is 7.18. The van der Waals surface area contributed by atoms with Crippen LogP contribution in [0.25, 0.3) is 0 Å². The minimum atomic E-state index is -0.0450. The molecule has 0 bridgehead atoms. The monoisotopic (exact) mass is 329 g/mol. The van der Waals surface area contributed by atoms with Gasteiger partial charge in [0.15, 0.2) is 5.78 Å². The van der Waals surface area contributed by atoms with Crippen molar-refractivity contribution in [3.05, 3.63) is 42.1 Å². The summed E-state index contributed by atoms with van der Waals surface area (Å²) in [6, 6.07) is 3.75. The molecule has 1 saturated heterocycles. The molecular formula is C18H23N3O3. The highest BCUT2D eigenvalue weighted by molar-refractivity contribution is 5.97. The first-order valence-corrected chi connectivity index (χ1v) is 8.39. The summed E-state index contributed by atoms with van der Waals surface area (Å²) in [4.78, 5) is 26.7. The normalized spacial score (nSPS) is 21.0. The molecule has 0 saturated carbocycles. The van der Waals surface area contributed by atoms with Crippen molar-refractivity contribution in [1.29, 1.82) is 0 Å². The Kier molecular flexibility index (Phi) is 4.83. The summed E-state index contributed by atoms with van der Waals surface area (Å²) in [7, 11) is 1.77. The van der Waals surface area contributed by atoms with Gasteiger partial charge in [-0.15, -0.1) is 0 Å². The van der Waals surface area contributed by atoms with E-state index < -0.39 is 0 Å². The third-order valence-electron chi connectivity index (χ3n) is 4.65. The van der Waals surface area contributed by atoms with E-state index in [1.807, 2.05) is 17.0 Å². The molecule has 0 unspecified atom stereocenters. The average molecular weight is 329 g/mol. The maximum Gasteiger partial charge on any atom is 0.223 e. The van der Waals surface area contributed by atoms with Gasteiger partial charge < -0.3 is 9.32 Å². The van der Waals surface area contributed by atoms with Crippen molar-refractivity contribution >= 4 is 11.7 Å².